The number of phenolic OH excluding ortho intramolecular Hbond substituents is 1. The van der Waals surface area contributed by atoms with E-state index < -0.39 is 0 Å². The van der Waals surface area contributed by atoms with Crippen LogP contribution in [0.1, 0.15) is 24.8 Å². The Morgan fingerprint density at radius 2 is 2.29 bits per heavy atom. The first-order valence-electron chi connectivity index (χ1n) is 5.99. The molecule has 1 aromatic rings. The smallest absolute Gasteiger partial charge is 0.163 e. The third-order valence-corrected chi connectivity index (χ3v) is 3.23. The largest absolute Gasteiger partial charge is 0.504 e. The van der Waals surface area contributed by atoms with Gasteiger partial charge in [-0.25, -0.2) is 4.39 Å². The zero-order valence-electron chi connectivity index (χ0n) is 10.0. The van der Waals surface area contributed by atoms with Crippen LogP contribution in [0.2, 0.25) is 0 Å². The topological polar surface area (TPSA) is 41.5 Å². The minimum Gasteiger partial charge on any atom is -0.504 e. The van der Waals surface area contributed by atoms with E-state index in [1.54, 1.807) is 0 Å². The number of phenols is 1. The van der Waals surface area contributed by atoms with E-state index >= 15 is 0 Å². The summed E-state index contributed by atoms with van der Waals surface area (Å²) in [5.74, 6) is -0.130. The summed E-state index contributed by atoms with van der Waals surface area (Å²) in [4.78, 5) is 0. The van der Waals surface area contributed by atoms with Gasteiger partial charge in [-0.3, -0.25) is 0 Å². The van der Waals surface area contributed by atoms with E-state index in [-0.39, 0.29) is 17.3 Å². The maximum Gasteiger partial charge on any atom is 0.163 e. The quantitative estimate of drug-likeness (QED) is 0.850. The highest BCUT2D eigenvalue weighted by Crippen LogP contribution is 2.29. The maximum atomic E-state index is 13.8. The zero-order valence-corrected chi connectivity index (χ0v) is 10.0. The van der Waals surface area contributed by atoms with Crippen molar-refractivity contribution in [2.45, 2.75) is 31.7 Å². The Labute approximate surface area is 101 Å². The Kier molecular flexibility index (Phi) is 3.84. The number of aromatic hydroxyl groups is 1. The van der Waals surface area contributed by atoms with Crippen molar-refractivity contribution in [3.8, 4) is 11.5 Å². The van der Waals surface area contributed by atoms with E-state index in [9.17, 15) is 9.50 Å². The molecule has 0 aromatic heterocycles. The molecule has 1 unspecified atom stereocenters. The number of piperidine rings is 1. The molecule has 1 aliphatic rings. The van der Waals surface area contributed by atoms with Crippen LogP contribution in [0.15, 0.2) is 12.1 Å². The van der Waals surface area contributed by atoms with Crippen LogP contribution in [0.5, 0.6) is 11.5 Å². The van der Waals surface area contributed by atoms with Gasteiger partial charge in [0.1, 0.15) is 5.82 Å². The lowest BCUT2D eigenvalue weighted by atomic mass is 9.97. The Morgan fingerprint density at radius 1 is 1.47 bits per heavy atom. The second kappa shape index (κ2) is 5.36. The highest BCUT2D eigenvalue weighted by atomic mass is 19.1. The van der Waals surface area contributed by atoms with Crippen molar-refractivity contribution in [2.75, 3.05) is 13.7 Å². The number of halogens is 1. The average Bonchev–Trinajstić information content (AvgIpc) is 2.34. The number of methoxy groups -OCH3 is 1. The molecule has 2 rings (SSSR count). The number of benzene rings is 1. The van der Waals surface area contributed by atoms with Crippen LogP contribution in [0.3, 0.4) is 0 Å². The molecule has 2 N–H and O–H groups in total. The molecule has 1 aromatic carbocycles. The van der Waals surface area contributed by atoms with E-state index in [0.717, 1.165) is 13.0 Å². The lowest BCUT2D eigenvalue weighted by Gasteiger charge is -2.23. The van der Waals surface area contributed by atoms with Gasteiger partial charge >= 0.3 is 0 Å². The molecule has 0 bridgehead atoms. The first-order chi connectivity index (χ1) is 8.20. The Bertz CT molecular complexity index is 389. The molecule has 0 radical (unpaired) electrons. The highest BCUT2D eigenvalue weighted by molar-refractivity contribution is 5.42. The summed E-state index contributed by atoms with van der Waals surface area (Å²) in [6, 6.07) is 3.02. The Hall–Kier alpha value is -1.29. The first-order valence-corrected chi connectivity index (χ1v) is 5.99. The van der Waals surface area contributed by atoms with E-state index in [1.165, 1.54) is 32.1 Å². The molecule has 0 amide bonds. The third-order valence-electron chi connectivity index (χ3n) is 3.23. The maximum absolute atomic E-state index is 13.8. The van der Waals surface area contributed by atoms with Crippen molar-refractivity contribution in [1.82, 2.24) is 5.32 Å². The van der Waals surface area contributed by atoms with E-state index in [0.29, 0.717) is 18.0 Å². The van der Waals surface area contributed by atoms with Crippen LogP contribution < -0.4 is 10.1 Å². The number of hydrogen-bond acceptors (Lipinski definition) is 3. The van der Waals surface area contributed by atoms with Crippen LogP contribution in [0.25, 0.3) is 0 Å². The van der Waals surface area contributed by atoms with Gasteiger partial charge in [0, 0.05) is 12.1 Å². The minimum atomic E-state index is -0.313. The van der Waals surface area contributed by atoms with E-state index in [1.807, 2.05) is 0 Å². The van der Waals surface area contributed by atoms with Gasteiger partial charge in [0.25, 0.3) is 0 Å². The number of ether oxygens (including phenoxy) is 1. The molecule has 0 spiro atoms. The molecule has 17 heavy (non-hydrogen) atoms. The number of rotatable bonds is 3. The van der Waals surface area contributed by atoms with Crippen molar-refractivity contribution in [2.24, 2.45) is 0 Å². The minimum absolute atomic E-state index is 0.000269. The normalized spacial score (nSPS) is 20.2. The standard InChI is InChI=1S/C13H18FNO2/c1-17-13-8-11(14)9(7-12(13)16)6-10-4-2-3-5-15-10/h7-8,10,15-16H,2-6H2,1H3. The lowest BCUT2D eigenvalue weighted by Crippen LogP contribution is -2.35. The summed E-state index contributed by atoms with van der Waals surface area (Å²) >= 11 is 0. The summed E-state index contributed by atoms with van der Waals surface area (Å²) in [6.07, 6.45) is 4.05. The summed E-state index contributed by atoms with van der Waals surface area (Å²) in [5, 5.41) is 13.0. The summed E-state index contributed by atoms with van der Waals surface area (Å²) in [7, 11) is 1.41. The summed E-state index contributed by atoms with van der Waals surface area (Å²) in [6.45, 7) is 0.994. The van der Waals surface area contributed by atoms with Gasteiger partial charge in [0.2, 0.25) is 0 Å². The first kappa shape index (κ1) is 12.2. The average molecular weight is 239 g/mol. The van der Waals surface area contributed by atoms with Crippen LogP contribution >= 0.6 is 0 Å². The SMILES string of the molecule is COc1cc(F)c(CC2CCCCN2)cc1O. The fraction of sp³-hybridized carbons (Fsp3) is 0.538. The third kappa shape index (κ3) is 2.88. The fourth-order valence-electron chi connectivity index (χ4n) is 2.27. The van der Waals surface area contributed by atoms with Crippen LogP contribution in [0, 0.1) is 5.82 Å². The molecular weight excluding hydrogens is 221 g/mol. The molecule has 1 atom stereocenters. The fourth-order valence-corrected chi connectivity index (χ4v) is 2.27. The molecular formula is C13H18FNO2. The Balaban J connectivity index is 2.12. The second-order valence-electron chi connectivity index (χ2n) is 4.47. The van der Waals surface area contributed by atoms with Gasteiger partial charge in [-0.1, -0.05) is 6.42 Å². The predicted molar refractivity (Wildman–Crippen MR) is 64.0 cm³/mol. The molecule has 1 fully saturated rings. The van der Waals surface area contributed by atoms with Gasteiger partial charge < -0.3 is 15.2 Å². The van der Waals surface area contributed by atoms with Gasteiger partial charge in [-0.05, 0) is 37.4 Å². The molecule has 1 heterocycles. The molecule has 0 saturated carbocycles. The van der Waals surface area contributed by atoms with Crippen molar-refractivity contribution in [3.63, 3.8) is 0 Å². The van der Waals surface area contributed by atoms with Crippen LogP contribution in [0.4, 0.5) is 4.39 Å². The van der Waals surface area contributed by atoms with Crippen molar-refractivity contribution in [1.29, 1.82) is 0 Å². The molecule has 1 saturated heterocycles. The molecule has 94 valence electrons. The lowest BCUT2D eigenvalue weighted by molar-refractivity contribution is 0.366. The monoisotopic (exact) mass is 239 g/mol. The summed E-state index contributed by atoms with van der Waals surface area (Å²) < 4.78 is 18.6. The van der Waals surface area contributed by atoms with Gasteiger partial charge in [0.15, 0.2) is 11.5 Å². The van der Waals surface area contributed by atoms with E-state index in [4.69, 9.17) is 4.74 Å². The van der Waals surface area contributed by atoms with E-state index in [2.05, 4.69) is 5.32 Å². The molecule has 3 nitrogen and oxygen atoms in total. The zero-order chi connectivity index (χ0) is 12.3. The molecule has 4 heteroatoms. The summed E-state index contributed by atoms with van der Waals surface area (Å²) in [5.41, 5.74) is 0.544. The van der Waals surface area contributed by atoms with Gasteiger partial charge in [-0.2, -0.15) is 0 Å². The predicted octanol–water partition coefficient (Wildman–Crippen LogP) is 2.22. The van der Waals surface area contributed by atoms with Crippen LogP contribution in [-0.4, -0.2) is 24.8 Å². The number of nitrogens with one attached hydrogen (secondary N) is 1. The van der Waals surface area contributed by atoms with Gasteiger partial charge in [-0.15, -0.1) is 0 Å². The second-order valence-corrected chi connectivity index (χ2v) is 4.47. The molecule has 0 aliphatic carbocycles. The van der Waals surface area contributed by atoms with Crippen LogP contribution in [-0.2, 0) is 6.42 Å². The van der Waals surface area contributed by atoms with Gasteiger partial charge in [0.05, 0.1) is 7.11 Å². The van der Waals surface area contributed by atoms with Crippen molar-refractivity contribution < 1.29 is 14.2 Å². The molecule has 1 aliphatic heterocycles. The number of hydrogen-bond donors (Lipinski definition) is 2. The highest BCUT2D eigenvalue weighted by Gasteiger charge is 2.17. The Morgan fingerprint density at radius 3 is 2.94 bits per heavy atom. The van der Waals surface area contributed by atoms with Crippen molar-refractivity contribution >= 4 is 0 Å². The van der Waals surface area contributed by atoms with Crippen molar-refractivity contribution in [3.05, 3.63) is 23.5 Å².